The quantitative estimate of drug-likeness (QED) is 0.435. The molecule has 1 aliphatic carbocycles. The van der Waals surface area contributed by atoms with E-state index in [1.165, 1.54) is 12.8 Å². The van der Waals surface area contributed by atoms with Gasteiger partial charge in [-0.05, 0) is 49.6 Å². The Labute approximate surface area is 174 Å². The summed E-state index contributed by atoms with van der Waals surface area (Å²) in [5, 5.41) is 4.97. The summed E-state index contributed by atoms with van der Waals surface area (Å²) in [5.74, 6) is 1.10. The molecule has 0 unspecified atom stereocenters. The Hall–Kier alpha value is -3.32. The standard InChI is InChI=1S/C23H23N5O2/c1-15-22(18-5-6-21(25-14-18)30-12-11-29-2)28-23(26-15)19(16-7-9-24-10-8-16)13-20(27-28)17-3-4-17/h5-10,13-14,17H,3-4,11-12H2,1-2H3. The second-order valence-corrected chi connectivity index (χ2v) is 7.50. The van der Waals surface area contributed by atoms with Crippen LogP contribution < -0.4 is 4.74 Å². The van der Waals surface area contributed by atoms with Crippen LogP contribution in [0.15, 0.2) is 48.9 Å². The van der Waals surface area contributed by atoms with Crippen LogP contribution in [0.2, 0.25) is 0 Å². The number of rotatable bonds is 7. The Bertz CT molecular complexity index is 1170. The fraction of sp³-hybridized carbons (Fsp3) is 0.304. The number of pyridine rings is 2. The minimum absolute atomic E-state index is 0.471. The maximum Gasteiger partial charge on any atom is 0.213 e. The number of hydrogen-bond acceptors (Lipinski definition) is 6. The van der Waals surface area contributed by atoms with Crippen molar-refractivity contribution in [1.29, 1.82) is 0 Å². The molecule has 152 valence electrons. The fourth-order valence-corrected chi connectivity index (χ4v) is 3.64. The normalized spacial score (nSPS) is 13.7. The third-order valence-electron chi connectivity index (χ3n) is 5.31. The lowest BCUT2D eigenvalue weighted by Gasteiger charge is -2.09. The lowest BCUT2D eigenvalue weighted by atomic mass is 10.1. The largest absolute Gasteiger partial charge is 0.475 e. The van der Waals surface area contributed by atoms with Crippen LogP contribution in [-0.4, -0.2) is 44.9 Å². The molecule has 0 spiro atoms. The van der Waals surface area contributed by atoms with E-state index in [-0.39, 0.29) is 0 Å². The average Bonchev–Trinajstić information content (AvgIpc) is 3.57. The van der Waals surface area contributed by atoms with Crippen LogP contribution in [-0.2, 0) is 4.74 Å². The first-order valence-corrected chi connectivity index (χ1v) is 10.1. The minimum atomic E-state index is 0.471. The van der Waals surface area contributed by atoms with Gasteiger partial charge < -0.3 is 9.47 Å². The Morgan fingerprint density at radius 1 is 1.07 bits per heavy atom. The number of nitrogens with zero attached hydrogens (tertiary/aromatic N) is 5. The Kier molecular flexibility index (Phi) is 4.88. The highest BCUT2D eigenvalue weighted by Gasteiger charge is 2.28. The van der Waals surface area contributed by atoms with E-state index in [2.05, 4.69) is 16.0 Å². The number of aryl methyl sites for hydroxylation is 1. The first-order chi connectivity index (χ1) is 14.7. The number of hydrogen-bond donors (Lipinski definition) is 0. The summed E-state index contributed by atoms with van der Waals surface area (Å²) in [6.07, 6.45) is 7.81. The number of methoxy groups -OCH3 is 1. The molecule has 0 aromatic carbocycles. The Morgan fingerprint density at radius 2 is 1.90 bits per heavy atom. The number of aromatic nitrogens is 5. The Balaban J connectivity index is 1.61. The minimum Gasteiger partial charge on any atom is -0.475 e. The highest BCUT2D eigenvalue weighted by atomic mass is 16.5. The molecule has 0 bridgehead atoms. The van der Waals surface area contributed by atoms with E-state index in [0.717, 1.165) is 39.4 Å². The zero-order chi connectivity index (χ0) is 20.5. The lowest BCUT2D eigenvalue weighted by molar-refractivity contribution is 0.144. The molecule has 1 aliphatic rings. The van der Waals surface area contributed by atoms with Gasteiger partial charge >= 0.3 is 0 Å². The highest BCUT2D eigenvalue weighted by molar-refractivity contribution is 5.80. The highest BCUT2D eigenvalue weighted by Crippen LogP contribution is 2.41. The molecule has 30 heavy (non-hydrogen) atoms. The predicted molar refractivity (Wildman–Crippen MR) is 114 cm³/mol. The van der Waals surface area contributed by atoms with Crippen LogP contribution in [0.1, 0.15) is 30.1 Å². The van der Waals surface area contributed by atoms with E-state index in [4.69, 9.17) is 19.6 Å². The van der Waals surface area contributed by atoms with Crippen molar-refractivity contribution in [2.24, 2.45) is 0 Å². The molecule has 4 aromatic heterocycles. The van der Waals surface area contributed by atoms with E-state index in [0.29, 0.717) is 25.0 Å². The summed E-state index contributed by atoms with van der Waals surface area (Å²) in [5.41, 5.74) is 6.96. The third-order valence-corrected chi connectivity index (χ3v) is 5.31. The summed E-state index contributed by atoms with van der Waals surface area (Å²) in [6.45, 7) is 3.01. The van der Waals surface area contributed by atoms with Crippen molar-refractivity contribution in [3.63, 3.8) is 0 Å². The molecular weight excluding hydrogens is 378 g/mol. The topological polar surface area (TPSA) is 74.4 Å². The average molecular weight is 401 g/mol. The molecule has 4 heterocycles. The molecule has 0 atom stereocenters. The van der Waals surface area contributed by atoms with Crippen molar-refractivity contribution in [1.82, 2.24) is 24.6 Å². The van der Waals surface area contributed by atoms with Crippen molar-refractivity contribution < 1.29 is 9.47 Å². The van der Waals surface area contributed by atoms with Crippen molar-refractivity contribution in [3.05, 3.63) is 60.3 Å². The molecule has 1 saturated carbocycles. The van der Waals surface area contributed by atoms with Gasteiger partial charge in [0.05, 0.1) is 23.7 Å². The summed E-state index contributed by atoms with van der Waals surface area (Å²) >= 11 is 0. The van der Waals surface area contributed by atoms with Crippen molar-refractivity contribution in [2.75, 3.05) is 20.3 Å². The van der Waals surface area contributed by atoms with E-state index in [9.17, 15) is 0 Å². The summed E-state index contributed by atoms with van der Waals surface area (Å²) in [4.78, 5) is 13.5. The van der Waals surface area contributed by atoms with Crippen LogP contribution >= 0.6 is 0 Å². The smallest absolute Gasteiger partial charge is 0.213 e. The molecule has 7 heteroatoms. The third kappa shape index (κ3) is 3.52. The maximum atomic E-state index is 5.59. The summed E-state index contributed by atoms with van der Waals surface area (Å²) in [6, 6.07) is 10.1. The van der Waals surface area contributed by atoms with Crippen LogP contribution in [0.3, 0.4) is 0 Å². The Morgan fingerprint density at radius 3 is 2.60 bits per heavy atom. The number of fused-ring (bicyclic) bond motifs is 1. The van der Waals surface area contributed by atoms with Gasteiger partial charge in [-0.15, -0.1) is 0 Å². The molecule has 0 saturated heterocycles. The number of ether oxygens (including phenoxy) is 2. The second-order valence-electron chi connectivity index (χ2n) is 7.50. The molecule has 7 nitrogen and oxygen atoms in total. The SMILES string of the molecule is COCCOc1ccc(-c2c(C)nc3c(-c4ccncc4)cc(C4CC4)nn23)cn1. The van der Waals surface area contributed by atoms with Crippen molar-refractivity contribution in [3.8, 4) is 28.3 Å². The van der Waals surface area contributed by atoms with E-state index in [1.807, 2.05) is 54.3 Å². The van der Waals surface area contributed by atoms with Crippen LogP contribution in [0.5, 0.6) is 5.88 Å². The molecule has 5 rings (SSSR count). The zero-order valence-electron chi connectivity index (χ0n) is 17.1. The van der Waals surface area contributed by atoms with Gasteiger partial charge in [-0.25, -0.2) is 14.5 Å². The molecule has 0 radical (unpaired) electrons. The van der Waals surface area contributed by atoms with Gasteiger partial charge in [0.1, 0.15) is 6.61 Å². The van der Waals surface area contributed by atoms with E-state index in [1.54, 1.807) is 7.11 Å². The molecule has 1 fully saturated rings. The van der Waals surface area contributed by atoms with Gasteiger partial charge in [-0.3, -0.25) is 4.98 Å². The van der Waals surface area contributed by atoms with Gasteiger partial charge in [-0.2, -0.15) is 5.10 Å². The van der Waals surface area contributed by atoms with Gasteiger partial charge in [0.2, 0.25) is 5.88 Å². The van der Waals surface area contributed by atoms with Crippen molar-refractivity contribution in [2.45, 2.75) is 25.7 Å². The van der Waals surface area contributed by atoms with E-state index >= 15 is 0 Å². The zero-order valence-corrected chi connectivity index (χ0v) is 17.1. The van der Waals surface area contributed by atoms with Crippen LogP contribution in [0.4, 0.5) is 0 Å². The van der Waals surface area contributed by atoms with Gasteiger partial charge in [0, 0.05) is 48.8 Å². The summed E-state index contributed by atoms with van der Waals surface area (Å²) in [7, 11) is 1.65. The molecule has 0 aliphatic heterocycles. The van der Waals surface area contributed by atoms with Crippen molar-refractivity contribution >= 4 is 5.65 Å². The number of imidazole rings is 1. The predicted octanol–water partition coefficient (Wildman–Crippen LogP) is 4.06. The molecule has 4 aromatic rings. The summed E-state index contributed by atoms with van der Waals surface area (Å²) < 4.78 is 12.6. The van der Waals surface area contributed by atoms with E-state index < -0.39 is 0 Å². The lowest BCUT2D eigenvalue weighted by Crippen LogP contribution is -2.05. The molecule has 0 amide bonds. The molecular formula is C23H23N5O2. The molecule has 0 N–H and O–H groups in total. The van der Waals surface area contributed by atoms with Gasteiger partial charge in [0.25, 0.3) is 0 Å². The first kappa shape index (κ1) is 18.7. The first-order valence-electron chi connectivity index (χ1n) is 10.1. The van der Waals surface area contributed by atoms with Gasteiger partial charge in [-0.1, -0.05) is 0 Å². The monoisotopic (exact) mass is 401 g/mol. The van der Waals surface area contributed by atoms with Crippen LogP contribution in [0, 0.1) is 6.92 Å². The van der Waals surface area contributed by atoms with Crippen LogP contribution in [0.25, 0.3) is 28.0 Å². The maximum absolute atomic E-state index is 5.59. The fourth-order valence-electron chi connectivity index (χ4n) is 3.64. The van der Waals surface area contributed by atoms with Gasteiger partial charge in [0.15, 0.2) is 5.65 Å². The second kappa shape index (κ2) is 7.84.